The highest BCUT2D eigenvalue weighted by molar-refractivity contribution is 9.10. The molecule has 2 aromatic rings. The van der Waals surface area contributed by atoms with Crippen molar-refractivity contribution >= 4 is 33.5 Å². The number of halogens is 2. The third kappa shape index (κ3) is 1.99. The van der Waals surface area contributed by atoms with Crippen LogP contribution in [0.15, 0.2) is 41.0 Å². The van der Waals surface area contributed by atoms with E-state index in [1.165, 1.54) is 10.6 Å². The monoisotopic (exact) mass is 299 g/mol. The predicted molar refractivity (Wildman–Crippen MR) is 65.4 cm³/mol. The molecule has 0 atom stereocenters. The SMILES string of the molecule is O=C(O)c1cccn1-c1ccc(Br)cc1Cl. The molecule has 3 nitrogen and oxygen atoms in total. The number of benzene rings is 1. The first-order valence-electron chi connectivity index (χ1n) is 4.45. The molecule has 1 heterocycles. The molecular formula is C11H7BrClNO2. The van der Waals surface area contributed by atoms with E-state index in [0.717, 1.165) is 4.47 Å². The van der Waals surface area contributed by atoms with Gasteiger partial charge in [0.2, 0.25) is 0 Å². The summed E-state index contributed by atoms with van der Waals surface area (Å²) in [7, 11) is 0. The van der Waals surface area contributed by atoms with Crippen molar-refractivity contribution in [3.05, 3.63) is 51.7 Å². The van der Waals surface area contributed by atoms with Gasteiger partial charge >= 0.3 is 5.97 Å². The number of carboxylic acids is 1. The maximum Gasteiger partial charge on any atom is 0.352 e. The van der Waals surface area contributed by atoms with E-state index in [4.69, 9.17) is 16.7 Å². The first-order chi connectivity index (χ1) is 7.59. The highest BCUT2D eigenvalue weighted by Gasteiger charge is 2.12. The molecule has 0 saturated carbocycles. The molecular weight excluding hydrogens is 293 g/mol. The van der Waals surface area contributed by atoms with Gasteiger partial charge in [-0.15, -0.1) is 0 Å². The van der Waals surface area contributed by atoms with Crippen LogP contribution in [0.1, 0.15) is 10.5 Å². The molecule has 2 rings (SSSR count). The zero-order valence-electron chi connectivity index (χ0n) is 8.02. The van der Waals surface area contributed by atoms with Crippen molar-refractivity contribution in [3.8, 4) is 5.69 Å². The van der Waals surface area contributed by atoms with Crippen LogP contribution in [0.25, 0.3) is 5.69 Å². The van der Waals surface area contributed by atoms with E-state index in [1.54, 1.807) is 24.4 Å². The van der Waals surface area contributed by atoms with Gasteiger partial charge in [0.05, 0.1) is 10.7 Å². The standard InChI is InChI=1S/C11H7BrClNO2/c12-7-3-4-9(8(13)6-7)14-5-1-2-10(14)11(15)16/h1-6H,(H,15,16). The van der Waals surface area contributed by atoms with Gasteiger partial charge in [-0.25, -0.2) is 4.79 Å². The van der Waals surface area contributed by atoms with Crippen molar-refractivity contribution in [1.82, 2.24) is 4.57 Å². The number of carbonyl (C=O) groups is 1. The summed E-state index contributed by atoms with van der Waals surface area (Å²) in [6.45, 7) is 0. The van der Waals surface area contributed by atoms with Gasteiger partial charge in [-0.1, -0.05) is 27.5 Å². The fourth-order valence-corrected chi connectivity index (χ4v) is 2.21. The van der Waals surface area contributed by atoms with Crippen LogP contribution in [0, 0.1) is 0 Å². The van der Waals surface area contributed by atoms with E-state index >= 15 is 0 Å². The zero-order valence-corrected chi connectivity index (χ0v) is 10.4. The largest absolute Gasteiger partial charge is 0.477 e. The van der Waals surface area contributed by atoms with Crippen LogP contribution in [-0.4, -0.2) is 15.6 Å². The Morgan fingerprint density at radius 1 is 1.38 bits per heavy atom. The van der Waals surface area contributed by atoms with Gasteiger partial charge in [0.25, 0.3) is 0 Å². The molecule has 1 aromatic carbocycles. The van der Waals surface area contributed by atoms with Crippen molar-refractivity contribution < 1.29 is 9.90 Å². The molecule has 0 saturated heterocycles. The molecule has 16 heavy (non-hydrogen) atoms. The minimum absolute atomic E-state index is 0.184. The summed E-state index contributed by atoms with van der Waals surface area (Å²) in [6, 6.07) is 8.50. The van der Waals surface area contributed by atoms with E-state index in [2.05, 4.69) is 15.9 Å². The fourth-order valence-electron chi connectivity index (χ4n) is 1.44. The van der Waals surface area contributed by atoms with Crippen molar-refractivity contribution in [1.29, 1.82) is 0 Å². The van der Waals surface area contributed by atoms with Crippen LogP contribution < -0.4 is 0 Å². The van der Waals surface area contributed by atoms with Crippen molar-refractivity contribution in [3.63, 3.8) is 0 Å². The van der Waals surface area contributed by atoms with Gasteiger partial charge in [0.15, 0.2) is 0 Å². The van der Waals surface area contributed by atoms with Gasteiger partial charge in [0, 0.05) is 10.7 Å². The number of rotatable bonds is 2. The quantitative estimate of drug-likeness (QED) is 0.921. The number of nitrogens with zero attached hydrogens (tertiary/aromatic N) is 1. The topological polar surface area (TPSA) is 42.2 Å². The molecule has 0 fully saturated rings. The molecule has 0 aliphatic carbocycles. The van der Waals surface area contributed by atoms with E-state index in [0.29, 0.717) is 10.7 Å². The normalized spacial score (nSPS) is 10.4. The number of carboxylic acid groups (broad SMARTS) is 1. The van der Waals surface area contributed by atoms with Crippen LogP contribution in [0.2, 0.25) is 5.02 Å². The third-order valence-corrected chi connectivity index (χ3v) is 2.93. The highest BCUT2D eigenvalue weighted by atomic mass is 79.9. The first-order valence-corrected chi connectivity index (χ1v) is 5.63. The van der Waals surface area contributed by atoms with Crippen molar-refractivity contribution in [2.75, 3.05) is 0 Å². The molecule has 1 aromatic heterocycles. The van der Waals surface area contributed by atoms with Gasteiger partial charge in [-0.2, -0.15) is 0 Å². The number of hydrogen-bond acceptors (Lipinski definition) is 1. The first kappa shape index (κ1) is 11.2. The summed E-state index contributed by atoms with van der Waals surface area (Å²) >= 11 is 9.35. The van der Waals surface area contributed by atoms with Crippen molar-refractivity contribution in [2.45, 2.75) is 0 Å². The molecule has 0 bridgehead atoms. The maximum atomic E-state index is 11.0. The molecule has 5 heteroatoms. The summed E-state index contributed by atoms with van der Waals surface area (Å²) in [5.41, 5.74) is 0.830. The van der Waals surface area contributed by atoms with Gasteiger partial charge in [0.1, 0.15) is 5.69 Å². The highest BCUT2D eigenvalue weighted by Crippen LogP contribution is 2.25. The minimum Gasteiger partial charge on any atom is -0.477 e. The van der Waals surface area contributed by atoms with Gasteiger partial charge in [-0.05, 0) is 30.3 Å². The van der Waals surface area contributed by atoms with E-state index in [9.17, 15) is 4.79 Å². The lowest BCUT2D eigenvalue weighted by atomic mass is 10.3. The second kappa shape index (κ2) is 4.31. The smallest absolute Gasteiger partial charge is 0.352 e. The van der Waals surface area contributed by atoms with Gasteiger partial charge < -0.3 is 9.67 Å². The maximum absolute atomic E-state index is 11.0. The molecule has 0 amide bonds. The molecule has 0 aliphatic heterocycles. The lowest BCUT2D eigenvalue weighted by Crippen LogP contribution is -2.05. The van der Waals surface area contributed by atoms with Crippen LogP contribution in [0.3, 0.4) is 0 Å². The number of aromatic carboxylic acids is 1. The van der Waals surface area contributed by atoms with Crippen LogP contribution in [0.5, 0.6) is 0 Å². The predicted octanol–water partition coefficient (Wildman–Crippen LogP) is 3.59. The Kier molecular flexibility index (Phi) is 3.03. The summed E-state index contributed by atoms with van der Waals surface area (Å²) in [6.07, 6.45) is 1.67. The molecule has 0 aliphatic rings. The Morgan fingerprint density at radius 3 is 2.75 bits per heavy atom. The summed E-state index contributed by atoms with van der Waals surface area (Å²) < 4.78 is 2.39. The Bertz CT molecular complexity index is 551. The summed E-state index contributed by atoms with van der Waals surface area (Å²) in [5, 5.41) is 9.48. The van der Waals surface area contributed by atoms with Crippen LogP contribution in [0.4, 0.5) is 0 Å². The Morgan fingerprint density at radius 2 is 2.12 bits per heavy atom. The Hall–Kier alpha value is -1.26. The summed E-state index contributed by atoms with van der Waals surface area (Å²) in [5.74, 6) is -0.982. The third-order valence-electron chi connectivity index (χ3n) is 2.14. The number of hydrogen-bond donors (Lipinski definition) is 1. The zero-order chi connectivity index (χ0) is 11.7. The summed E-state index contributed by atoms with van der Waals surface area (Å²) in [4.78, 5) is 11.0. The second-order valence-corrected chi connectivity index (χ2v) is 4.49. The Balaban J connectivity index is 2.59. The molecule has 0 radical (unpaired) electrons. The lowest BCUT2D eigenvalue weighted by molar-refractivity contribution is 0.0688. The number of aromatic nitrogens is 1. The van der Waals surface area contributed by atoms with E-state index in [1.807, 2.05) is 6.07 Å². The average molecular weight is 301 g/mol. The second-order valence-electron chi connectivity index (χ2n) is 3.16. The molecule has 0 unspecified atom stereocenters. The van der Waals surface area contributed by atoms with E-state index in [-0.39, 0.29) is 5.69 Å². The minimum atomic E-state index is -0.982. The lowest BCUT2D eigenvalue weighted by Gasteiger charge is -2.08. The fraction of sp³-hybridized carbons (Fsp3) is 0. The average Bonchev–Trinajstić information content (AvgIpc) is 2.66. The van der Waals surface area contributed by atoms with Crippen LogP contribution >= 0.6 is 27.5 Å². The molecule has 82 valence electrons. The van der Waals surface area contributed by atoms with Crippen LogP contribution in [-0.2, 0) is 0 Å². The van der Waals surface area contributed by atoms with E-state index < -0.39 is 5.97 Å². The molecule has 1 N–H and O–H groups in total. The van der Waals surface area contributed by atoms with Gasteiger partial charge in [-0.3, -0.25) is 0 Å². The van der Waals surface area contributed by atoms with Crippen molar-refractivity contribution in [2.24, 2.45) is 0 Å². The molecule has 0 spiro atoms. The Labute approximate surface area is 105 Å².